The van der Waals surface area contributed by atoms with E-state index in [0.717, 1.165) is 21.3 Å². The number of carbonyl (C=O) groups is 1. The van der Waals surface area contributed by atoms with E-state index in [4.69, 9.17) is 4.74 Å². The molecule has 122 valence electrons. The summed E-state index contributed by atoms with van der Waals surface area (Å²) in [5.74, 6) is 0.732. The number of halogens is 1. The van der Waals surface area contributed by atoms with Gasteiger partial charge in [-0.15, -0.1) is 0 Å². The van der Waals surface area contributed by atoms with Gasteiger partial charge in [-0.3, -0.25) is 4.79 Å². The second-order valence-electron chi connectivity index (χ2n) is 5.12. The maximum atomic E-state index is 12.0. The molecule has 6 heteroatoms. The largest absolute Gasteiger partial charge is 0.431 e. The predicted octanol–water partition coefficient (Wildman–Crippen LogP) is 4.56. The summed E-state index contributed by atoms with van der Waals surface area (Å²) in [6.07, 6.45) is 2.08. The number of rotatable bonds is 6. The van der Waals surface area contributed by atoms with Crippen molar-refractivity contribution in [1.29, 1.82) is 0 Å². The second kappa shape index (κ2) is 8.08. The molecule has 0 unspecified atom stereocenters. The maximum absolute atomic E-state index is 12.0. The van der Waals surface area contributed by atoms with Crippen molar-refractivity contribution in [1.82, 2.24) is 10.3 Å². The van der Waals surface area contributed by atoms with Gasteiger partial charge >= 0.3 is 0 Å². The van der Waals surface area contributed by atoms with Crippen LogP contribution in [0.1, 0.15) is 11.1 Å². The summed E-state index contributed by atoms with van der Waals surface area (Å²) >= 11 is 4.83. The highest BCUT2D eigenvalue weighted by molar-refractivity contribution is 9.10. The van der Waals surface area contributed by atoms with Crippen LogP contribution in [-0.4, -0.2) is 10.9 Å². The number of amides is 1. The average molecular weight is 403 g/mol. The Morgan fingerprint density at radius 2 is 1.79 bits per heavy atom. The average Bonchev–Trinajstić information content (AvgIpc) is 3.09. The summed E-state index contributed by atoms with van der Waals surface area (Å²) in [4.78, 5) is 16.1. The van der Waals surface area contributed by atoms with E-state index < -0.39 is 0 Å². The summed E-state index contributed by atoms with van der Waals surface area (Å²) < 4.78 is 6.61. The Bertz CT molecular complexity index is 787. The quantitative estimate of drug-likeness (QED) is 0.657. The van der Waals surface area contributed by atoms with Crippen LogP contribution in [0.15, 0.2) is 64.6 Å². The minimum atomic E-state index is 0.000402. The molecule has 0 aliphatic carbocycles. The molecule has 0 radical (unpaired) electrons. The number of hydrogen-bond donors (Lipinski definition) is 1. The zero-order valence-corrected chi connectivity index (χ0v) is 15.1. The van der Waals surface area contributed by atoms with Crippen molar-refractivity contribution in [2.45, 2.75) is 13.0 Å². The van der Waals surface area contributed by atoms with E-state index in [2.05, 4.69) is 26.2 Å². The maximum Gasteiger partial charge on any atom is 0.278 e. The molecule has 1 amide bonds. The van der Waals surface area contributed by atoms with E-state index in [1.165, 1.54) is 11.3 Å². The van der Waals surface area contributed by atoms with Crippen LogP contribution in [0.3, 0.4) is 0 Å². The Morgan fingerprint density at radius 3 is 2.46 bits per heavy atom. The molecule has 0 spiro atoms. The minimum absolute atomic E-state index is 0.000402. The Labute approximate surface area is 152 Å². The number of thiazole rings is 1. The van der Waals surface area contributed by atoms with Gasteiger partial charge in [-0.05, 0) is 35.4 Å². The minimum Gasteiger partial charge on any atom is -0.431 e. The van der Waals surface area contributed by atoms with Crippen LogP contribution in [0.2, 0.25) is 0 Å². The first-order valence-electron chi connectivity index (χ1n) is 7.36. The van der Waals surface area contributed by atoms with Gasteiger partial charge in [-0.2, -0.15) is 0 Å². The van der Waals surface area contributed by atoms with E-state index in [0.29, 0.717) is 18.2 Å². The lowest BCUT2D eigenvalue weighted by atomic mass is 10.1. The molecule has 1 N–H and O–H groups in total. The predicted molar refractivity (Wildman–Crippen MR) is 98.3 cm³/mol. The molecule has 0 atom stereocenters. The topological polar surface area (TPSA) is 51.2 Å². The van der Waals surface area contributed by atoms with Crippen molar-refractivity contribution < 1.29 is 9.53 Å². The lowest BCUT2D eigenvalue weighted by Gasteiger charge is -2.07. The summed E-state index contributed by atoms with van der Waals surface area (Å²) in [6.45, 7) is 0.493. The zero-order chi connectivity index (χ0) is 16.8. The third kappa shape index (κ3) is 4.91. The summed E-state index contributed by atoms with van der Waals surface area (Å²) in [5.41, 5.74) is 2.01. The van der Waals surface area contributed by atoms with Gasteiger partial charge < -0.3 is 10.1 Å². The number of carbonyl (C=O) groups excluding carboxylic acids is 1. The molecule has 1 heterocycles. The van der Waals surface area contributed by atoms with Gasteiger partial charge in [0.05, 0.1) is 6.42 Å². The highest BCUT2D eigenvalue weighted by Gasteiger charge is 2.04. The van der Waals surface area contributed by atoms with E-state index in [1.807, 2.05) is 53.9 Å². The van der Waals surface area contributed by atoms with Gasteiger partial charge in [0.2, 0.25) is 5.91 Å². The van der Waals surface area contributed by atoms with Crippen molar-refractivity contribution in [3.63, 3.8) is 0 Å². The Kier molecular flexibility index (Phi) is 5.61. The number of hydrogen-bond acceptors (Lipinski definition) is 4. The normalized spacial score (nSPS) is 10.4. The fraction of sp³-hybridized carbons (Fsp3) is 0.111. The first kappa shape index (κ1) is 16.7. The molecule has 0 fully saturated rings. The van der Waals surface area contributed by atoms with Crippen LogP contribution < -0.4 is 10.1 Å². The monoisotopic (exact) mass is 402 g/mol. The number of ether oxygens (including phenoxy) is 1. The lowest BCUT2D eigenvalue weighted by molar-refractivity contribution is -0.120. The third-order valence-electron chi connectivity index (χ3n) is 3.31. The molecule has 1 aromatic heterocycles. The number of aromatic nitrogens is 1. The fourth-order valence-corrected chi connectivity index (χ4v) is 2.86. The van der Waals surface area contributed by atoms with Crippen LogP contribution in [0.4, 0.5) is 0 Å². The van der Waals surface area contributed by atoms with Crippen LogP contribution in [0, 0.1) is 0 Å². The third-order valence-corrected chi connectivity index (χ3v) is 4.48. The Balaban J connectivity index is 1.49. The van der Waals surface area contributed by atoms with Crippen molar-refractivity contribution in [3.05, 3.63) is 75.7 Å². The Morgan fingerprint density at radius 1 is 1.08 bits per heavy atom. The van der Waals surface area contributed by atoms with E-state index in [9.17, 15) is 4.79 Å². The summed E-state index contributed by atoms with van der Waals surface area (Å²) in [5, 5.41) is 5.41. The lowest BCUT2D eigenvalue weighted by Crippen LogP contribution is -2.24. The van der Waals surface area contributed by atoms with Gasteiger partial charge in [0, 0.05) is 22.6 Å². The molecule has 24 heavy (non-hydrogen) atoms. The molecular weight excluding hydrogens is 388 g/mol. The molecule has 0 bridgehead atoms. The van der Waals surface area contributed by atoms with Crippen molar-refractivity contribution >= 4 is 33.2 Å². The molecule has 0 saturated heterocycles. The number of benzene rings is 2. The zero-order valence-electron chi connectivity index (χ0n) is 12.7. The van der Waals surface area contributed by atoms with Crippen LogP contribution in [-0.2, 0) is 17.8 Å². The van der Waals surface area contributed by atoms with Gasteiger partial charge in [0.1, 0.15) is 5.75 Å². The first-order chi connectivity index (χ1) is 11.7. The standard InChI is InChI=1S/C18H15BrN2O2S/c19-15-5-1-13(2-6-15)11-17(22)21-12-14-3-7-16(8-4-14)23-18-20-9-10-24-18/h1-10H,11-12H2,(H,21,22). The Hall–Kier alpha value is -2.18. The van der Waals surface area contributed by atoms with Crippen LogP contribution in [0.25, 0.3) is 0 Å². The molecule has 0 aliphatic heterocycles. The fourth-order valence-electron chi connectivity index (χ4n) is 2.09. The second-order valence-corrected chi connectivity index (χ2v) is 6.90. The molecule has 3 rings (SSSR count). The molecule has 4 nitrogen and oxygen atoms in total. The van der Waals surface area contributed by atoms with Crippen LogP contribution >= 0.6 is 27.3 Å². The van der Waals surface area contributed by atoms with Crippen molar-refractivity contribution in [2.75, 3.05) is 0 Å². The number of nitrogens with one attached hydrogen (secondary N) is 1. The van der Waals surface area contributed by atoms with Gasteiger partial charge in [-0.25, -0.2) is 4.98 Å². The SMILES string of the molecule is O=C(Cc1ccc(Br)cc1)NCc1ccc(Oc2nccs2)cc1. The molecule has 0 aliphatic rings. The van der Waals surface area contributed by atoms with Gasteiger partial charge in [0.25, 0.3) is 5.19 Å². The van der Waals surface area contributed by atoms with Gasteiger partial charge in [0.15, 0.2) is 0 Å². The summed E-state index contributed by atoms with van der Waals surface area (Å²) in [7, 11) is 0. The number of nitrogens with zero attached hydrogens (tertiary/aromatic N) is 1. The van der Waals surface area contributed by atoms with E-state index >= 15 is 0 Å². The molecule has 3 aromatic rings. The van der Waals surface area contributed by atoms with Crippen molar-refractivity contribution in [3.8, 4) is 10.9 Å². The van der Waals surface area contributed by atoms with Crippen LogP contribution in [0.5, 0.6) is 10.9 Å². The van der Waals surface area contributed by atoms with E-state index in [1.54, 1.807) is 6.20 Å². The molecule has 0 saturated carbocycles. The highest BCUT2D eigenvalue weighted by atomic mass is 79.9. The molecule has 2 aromatic carbocycles. The first-order valence-corrected chi connectivity index (χ1v) is 9.04. The van der Waals surface area contributed by atoms with Crippen molar-refractivity contribution in [2.24, 2.45) is 0 Å². The summed E-state index contributed by atoms with van der Waals surface area (Å²) in [6, 6.07) is 15.4. The van der Waals surface area contributed by atoms with E-state index in [-0.39, 0.29) is 5.91 Å². The smallest absolute Gasteiger partial charge is 0.278 e. The highest BCUT2D eigenvalue weighted by Crippen LogP contribution is 2.23. The van der Waals surface area contributed by atoms with Gasteiger partial charge in [-0.1, -0.05) is 51.5 Å². The molecular formula is C18H15BrN2O2S.